The average molecular weight is 252 g/mol. The molecule has 0 bridgehead atoms. The maximum atomic E-state index is 12.9. The molecule has 0 atom stereocenters. The Morgan fingerprint density at radius 2 is 2.11 bits per heavy atom. The molecule has 3 nitrogen and oxygen atoms in total. The van der Waals surface area contributed by atoms with Crippen LogP contribution in [0.25, 0.3) is 0 Å². The van der Waals surface area contributed by atoms with E-state index in [0.29, 0.717) is 18.7 Å². The Bertz CT molecular complexity index is 369. The maximum Gasteiger partial charge on any atom is 0.225 e. The van der Waals surface area contributed by atoms with Gasteiger partial charge in [0.05, 0.1) is 0 Å². The molecular formula is C14H21FN2O. The quantitative estimate of drug-likeness (QED) is 0.698. The number of hydrogen-bond acceptors (Lipinski definition) is 2. The summed E-state index contributed by atoms with van der Waals surface area (Å²) in [6, 6.07) is 5.92. The molecule has 0 heterocycles. The highest BCUT2D eigenvalue weighted by atomic mass is 19.1. The number of carbonyl (C=O) groups is 1. The summed E-state index contributed by atoms with van der Waals surface area (Å²) in [5.41, 5.74) is 0.506. The van der Waals surface area contributed by atoms with Crippen LogP contribution < -0.4 is 10.6 Å². The third-order valence-corrected chi connectivity index (χ3v) is 2.59. The molecule has 0 unspecified atom stereocenters. The van der Waals surface area contributed by atoms with Gasteiger partial charge in [0.25, 0.3) is 0 Å². The molecule has 4 heteroatoms. The molecule has 0 saturated heterocycles. The number of nitrogens with one attached hydrogen (secondary N) is 2. The van der Waals surface area contributed by atoms with E-state index < -0.39 is 0 Å². The summed E-state index contributed by atoms with van der Waals surface area (Å²) in [6.07, 6.45) is 3.95. The normalized spacial score (nSPS) is 10.3. The summed E-state index contributed by atoms with van der Waals surface area (Å²) >= 11 is 0. The predicted molar refractivity (Wildman–Crippen MR) is 72.0 cm³/mol. The van der Waals surface area contributed by atoms with Crippen LogP contribution in [0.5, 0.6) is 0 Å². The number of unbranched alkanes of at least 4 members (excludes halogenated alkanes) is 2. The summed E-state index contributed by atoms with van der Waals surface area (Å²) in [5, 5.41) is 5.88. The number of rotatable bonds is 8. The molecular weight excluding hydrogens is 231 g/mol. The lowest BCUT2D eigenvalue weighted by Crippen LogP contribution is -2.22. The van der Waals surface area contributed by atoms with Crippen LogP contribution in [0.2, 0.25) is 0 Å². The zero-order valence-corrected chi connectivity index (χ0v) is 10.8. The molecule has 0 radical (unpaired) electrons. The number of amides is 1. The van der Waals surface area contributed by atoms with Gasteiger partial charge in [0.1, 0.15) is 5.82 Å². The van der Waals surface area contributed by atoms with Crippen LogP contribution in [0.15, 0.2) is 24.3 Å². The Morgan fingerprint density at radius 1 is 1.28 bits per heavy atom. The Hall–Kier alpha value is -1.42. The van der Waals surface area contributed by atoms with E-state index >= 15 is 0 Å². The van der Waals surface area contributed by atoms with E-state index in [4.69, 9.17) is 0 Å². The molecule has 0 aromatic heterocycles. The van der Waals surface area contributed by atoms with Crippen LogP contribution in [-0.4, -0.2) is 19.0 Å². The van der Waals surface area contributed by atoms with Crippen molar-refractivity contribution in [1.29, 1.82) is 0 Å². The average Bonchev–Trinajstić information content (AvgIpc) is 2.33. The fraction of sp³-hybridized carbons (Fsp3) is 0.500. The van der Waals surface area contributed by atoms with Gasteiger partial charge in [-0.25, -0.2) is 4.39 Å². The smallest absolute Gasteiger partial charge is 0.225 e. The van der Waals surface area contributed by atoms with Crippen LogP contribution in [0.4, 0.5) is 10.1 Å². The second-order valence-corrected chi connectivity index (χ2v) is 4.27. The molecule has 0 aliphatic carbocycles. The Kier molecular flexibility index (Phi) is 7.03. The number of hydrogen-bond donors (Lipinski definition) is 2. The van der Waals surface area contributed by atoms with Gasteiger partial charge >= 0.3 is 0 Å². The van der Waals surface area contributed by atoms with Crippen molar-refractivity contribution in [3.63, 3.8) is 0 Å². The third kappa shape index (κ3) is 6.35. The molecule has 1 amide bonds. The lowest BCUT2D eigenvalue weighted by Gasteiger charge is -2.06. The van der Waals surface area contributed by atoms with Gasteiger partial charge in [-0.3, -0.25) is 4.79 Å². The highest BCUT2D eigenvalue weighted by Gasteiger charge is 2.02. The van der Waals surface area contributed by atoms with Crippen LogP contribution in [0, 0.1) is 5.82 Å². The zero-order chi connectivity index (χ0) is 13.2. The Labute approximate surface area is 108 Å². The molecule has 100 valence electrons. The van der Waals surface area contributed by atoms with Gasteiger partial charge in [-0.15, -0.1) is 0 Å². The van der Waals surface area contributed by atoms with Crippen molar-refractivity contribution in [2.45, 2.75) is 32.6 Å². The molecule has 1 rings (SSSR count). The van der Waals surface area contributed by atoms with Gasteiger partial charge in [0.15, 0.2) is 0 Å². The summed E-state index contributed by atoms with van der Waals surface area (Å²) in [7, 11) is 0. The summed E-state index contributed by atoms with van der Waals surface area (Å²) in [6.45, 7) is 3.76. The molecule has 1 aromatic carbocycles. The second-order valence-electron chi connectivity index (χ2n) is 4.27. The van der Waals surface area contributed by atoms with Crippen molar-refractivity contribution in [3.05, 3.63) is 30.1 Å². The lowest BCUT2D eigenvalue weighted by atomic mass is 10.2. The molecule has 0 fully saturated rings. The largest absolute Gasteiger partial charge is 0.326 e. The number of halogens is 1. The van der Waals surface area contributed by atoms with Crippen molar-refractivity contribution < 1.29 is 9.18 Å². The zero-order valence-electron chi connectivity index (χ0n) is 10.8. The van der Waals surface area contributed by atoms with Gasteiger partial charge in [-0.05, 0) is 31.2 Å². The van der Waals surface area contributed by atoms with E-state index in [1.54, 1.807) is 12.1 Å². The maximum absolute atomic E-state index is 12.9. The predicted octanol–water partition coefficient (Wildman–Crippen LogP) is 2.93. The third-order valence-electron chi connectivity index (χ3n) is 2.59. The molecule has 0 saturated carbocycles. The van der Waals surface area contributed by atoms with E-state index in [0.717, 1.165) is 13.0 Å². The highest BCUT2D eigenvalue weighted by molar-refractivity contribution is 5.90. The van der Waals surface area contributed by atoms with E-state index in [1.165, 1.54) is 25.0 Å². The van der Waals surface area contributed by atoms with Crippen molar-refractivity contribution in [1.82, 2.24) is 5.32 Å². The summed E-state index contributed by atoms with van der Waals surface area (Å²) < 4.78 is 12.9. The van der Waals surface area contributed by atoms with E-state index in [2.05, 4.69) is 17.6 Å². The minimum Gasteiger partial charge on any atom is -0.326 e. The molecule has 18 heavy (non-hydrogen) atoms. The first-order valence-electron chi connectivity index (χ1n) is 6.48. The number of benzene rings is 1. The van der Waals surface area contributed by atoms with Gasteiger partial charge < -0.3 is 10.6 Å². The standard InChI is InChI=1S/C14H21FN2O/c1-2-3-4-9-16-10-8-14(18)17-13-7-5-6-12(15)11-13/h5-7,11,16H,2-4,8-10H2,1H3,(H,17,18). The van der Waals surface area contributed by atoms with Gasteiger partial charge in [-0.1, -0.05) is 25.8 Å². The first-order valence-corrected chi connectivity index (χ1v) is 6.48. The minimum atomic E-state index is -0.342. The Morgan fingerprint density at radius 3 is 2.83 bits per heavy atom. The molecule has 0 aliphatic rings. The first kappa shape index (κ1) is 14.6. The highest BCUT2D eigenvalue weighted by Crippen LogP contribution is 2.09. The van der Waals surface area contributed by atoms with Crippen LogP contribution in [-0.2, 0) is 4.79 Å². The van der Waals surface area contributed by atoms with Crippen molar-refractivity contribution >= 4 is 11.6 Å². The van der Waals surface area contributed by atoms with Crippen LogP contribution in [0.1, 0.15) is 32.6 Å². The molecule has 1 aromatic rings. The van der Waals surface area contributed by atoms with E-state index in [1.807, 2.05) is 0 Å². The van der Waals surface area contributed by atoms with Gasteiger partial charge in [0.2, 0.25) is 5.91 Å². The SMILES string of the molecule is CCCCCNCCC(=O)Nc1cccc(F)c1. The molecule has 2 N–H and O–H groups in total. The fourth-order valence-electron chi connectivity index (χ4n) is 1.62. The first-order chi connectivity index (χ1) is 8.72. The van der Waals surface area contributed by atoms with E-state index in [-0.39, 0.29) is 11.7 Å². The monoisotopic (exact) mass is 252 g/mol. The molecule has 0 spiro atoms. The van der Waals surface area contributed by atoms with Crippen molar-refractivity contribution in [3.8, 4) is 0 Å². The number of anilines is 1. The minimum absolute atomic E-state index is 0.0939. The topological polar surface area (TPSA) is 41.1 Å². The fourth-order valence-corrected chi connectivity index (χ4v) is 1.62. The van der Waals surface area contributed by atoms with Crippen molar-refractivity contribution in [2.75, 3.05) is 18.4 Å². The van der Waals surface area contributed by atoms with Crippen LogP contribution in [0.3, 0.4) is 0 Å². The second kappa shape index (κ2) is 8.64. The number of carbonyl (C=O) groups excluding carboxylic acids is 1. The Balaban J connectivity index is 2.14. The van der Waals surface area contributed by atoms with Gasteiger partial charge in [-0.2, -0.15) is 0 Å². The van der Waals surface area contributed by atoms with Crippen LogP contribution >= 0.6 is 0 Å². The van der Waals surface area contributed by atoms with Gasteiger partial charge in [0, 0.05) is 18.7 Å². The summed E-state index contributed by atoms with van der Waals surface area (Å²) in [5.74, 6) is -0.436. The molecule has 0 aliphatic heterocycles. The van der Waals surface area contributed by atoms with Crippen molar-refractivity contribution in [2.24, 2.45) is 0 Å². The lowest BCUT2D eigenvalue weighted by molar-refractivity contribution is -0.116. The van der Waals surface area contributed by atoms with E-state index in [9.17, 15) is 9.18 Å². The summed E-state index contributed by atoms with van der Waals surface area (Å²) in [4.78, 5) is 11.5.